The van der Waals surface area contributed by atoms with Crippen molar-refractivity contribution in [1.82, 2.24) is 14.5 Å². The highest BCUT2D eigenvalue weighted by molar-refractivity contribution is 7.98. The van der Waals surface area contributed by atoms with Crippen molar-refractivity contribution in [2.75, 3.05) is 14.2 Å². The Morgan fingerprint density at radius 1 is 1.16 bits per heavy atom. The monoisotopic (exact) mass is 543 g/mol. The molecule has 0 radical (unpaired) electrons. The Hall–Kier alpha value is -3.24. The van der Waals surface area contributed by atoms with Gasteiger partial charge in [0.2, 0.25) is 0 Å². The van der Waals surface area contributed by atoms with Gasteiger partial charge in [-0.05, 0) is 12.1 Å². The van der Waals surface area contributed by atoms with Crippen molar-refractivity contribution in [3.05, 3.63) is 36.2 Å². The van der Waals surface area contributed by atoms with Crippen LogP contribution in [-0.4, -0.2) is 86.2 Å². The summed E-state index contributed by atoms with van der Waals surface area (Å²) in [5.74, 6) is -0.779. The Balaban J connectivity index is 1.78. The van der Waals surface area contributed by atoms with E-state index < -0.39 is 43.2 Å². The molecule has 12 nitrogen and oxygen atoms in total. The Morgan fingerprint density at radius 3 is 2.57 bits per heavy atom. The lowest BCUT2D eigenvalue weighted by Gasteiger charge is -2.39. The van der Waals surface area contributed by atoms with Crippen LogP contribution in [0.25, 0.3) is 11.0 Å². The number of carboxylic acids is 1. The van der Waals surface area contributed by atoms with E-state index in [1.54, 1.807) is 6.07 Å². The summed E-state index contributed by atoms with van der Waals surface area (Å²) >= 11 is 1.08. The minimum atomic E-state index is -3.07. The van der Waals surface area contributed by atoms with Gasteiger partial charge >= 0.3 is 12.6 Å². The molecule has 0 aliphatic carbocycles. The number of rotatable bonds is 9. The number of pyridine rings is 1. The quantitative estimate of drug-likeness (QED) is 0.287. The van der Waals surface area contributed by atoms with Gasteiger partial charge in [-0.1, -0.05) is 11.8 Å². The standard InChI is InChI=1S/C22H23F2N3O9S/c1-33-13-5-6-25-11(17(13)34-2)8-37-22-26-10-7-9(35-21(23)24)3-4-12(10)27(22)19-16(30)14(28)15(29)18(36-19)20(31)32/h3-7,14-16,18-19,21,28-30H,8H2,1-2H3,(H,31,32)/t14-,15-,16+,18-,19+/m1/s1. The largest absolute Gasteiger partial charge is 0.493 e. The predicted molar refractivity (Wildman–Crippen MR) is 123 cm³/mol. The summed E-state index contributed by atoms with van der Waals surface area (Å²) in [4.78, 5) is 20.4. The smallest absolute Gasteiger partial charge is 0.387 e. The molecule has 15 heteroatoms. The molecule has 0 amide bonds. The fourth-order valence-electron chi connectivity index (χ4n) is 3.95. The maximum atomic E-state index is 12.7. The van der Waals surface area contributed by atoms with E-state index in [-0.39, 0.29) is 27.7 Å². The SMILES string of the molecule is COc1ccnc(CSc2nc3cc(OC(F)F)ccc3n2[C@H]2O[C@@H](C(=O)O)[C@H](O)[C@@H](O)[C@@H]2O)c1OC. The minimum Gasteiger partial charge on any atom is -0.493 e. The van der Waals surface area contributed by atoms with Crippen LogP contribution in [-0.2, 0) is 15.3 Å². The Kier molecular flexibility index (Phi) is 7.99. The highest BCUT2D eigenvalue weighted by Crippen LogP contribution is 2.39. The van der Waals surface area contributed by atoms with Crippen molar-refractivity contribution in [3.8, 4) is 17.2 Å². The number of carbonyl (C=O) groups is 1. The van der Waals surface area contributed by atoms with Crippen LogP contribution in [0.5, 0.6) is 17.2 Å². The van der Waals surface area contributed by atoms with Crippen LogP contribution in [0, 0.1) is 0 Å². The number of aromatic nitrogens is 3. The van der Waals surface area contributed by atoms with Crippen LogP contribution >= 0.6 is 11.8 Å². The van der Waals surface area contributed by atoms with Crippen LogP contribution in [0.2, 0.25) is 0 Å². The highest BCUT2D eigenvalue weighted by atomic mass is 32.2. The number of hydrogen-bond acceptors (Lipinski definition) is 11. The average molecular weight is 544 g/mol. The third-order valence-electron chi connectivity index (χ3n) is 5.64. The molecule has 1 saturated heterocycles. The number of thioether (sulfide) groups is 1. The van der Waals surface area contributed by atoms with Gasteiger partial charge in [0.15, 0.2) is 29.0 Å². The van der Waals surface area contributed by atoms with Crippen molar-refractivity contribution in [1.29, 1.82) is 0 Å². The molecular weight excluding hydrogens is 520 g/mol. The van der Waals surface area contributed by atoms with E-state index in [4.69, 9.17) is 14.2 Å². The molecule has 37 heavy (non-hydrogen) atoms. The highest BCUT2D eigenvalue weighted by Gasteiger charge is 2.48. The van der Waals surface area contributed by atoms with Gasteiger partial charge in [0, 0.05) is 24.1 Å². The fourth-order valence-corrected chi connectivity index (χ4v) is 4.92. The molecule has 200 valence electrons. The van der Waals surface area contributed by atoms with E-state index in [1.807, 2.05) is 0 Å². The lowest BCUT2D eigenvalue weighted by atomic mass is 9.98. The van der Waals surface area contributed by atoms with Gasteiger partial charge in [-0.25, -0.2) is 9.78 Å². The second-order valence-electron chi connectivity index (χ2n) is 7.83. The molecule has 1 aromatic carbocycles. The number of aliphatic carboxylic acids is 1. The van der Waals surface area contributed by atoms with Gasteiger partial charge in [-0.3, -0.25) is 9.55 Å². The fraction of sp³-hybridized carbons (Fsp3) is 0.409. The van der Waals surface area contributed by atoms with Crippen molar-refractivity contribution in [3.63, 3.8) is 0 Å². The molecule has 1 aliphatic rings. The maximum Gasteiger partial charge on any atom is 0.387 e. The molecular formula is C22H23F2N3O9S. The minimum absolute atomic E-state index is 0.153. The zero-order chi connectivity index (χ0) is 26.9. The lowest BCUT2D eigenvalue weighted by Crippen LogP contribution is -2.57. The topological polar surface area (TPSA) is 166 Å². The Bertz CT molecular complexity index is 1280. The number of alkyl halides is 2. The number of hydrogen-bond donors (Lipinski definition) is 4. The molecule has 1 aliphatic heterocycles. The van der Waals surface area contributed by atoms with Gasteiger partial charge in [0.25, 0.3) is 0 Å². The van der Waals surface area contributed by atoms with E-state index in [1.165, 1.54) is 43.2 Å². The van der Waals surface area contributed by atoms with Gasteiger partial charge < -0.3 is 39.4 Å². The molecule has 2 aromatic heterocycles. The molecule has 3 aromatic rings. The molecule has 3 heterocycles. The Labute approximate surface area is 212 Å². The van der Waals surface area contributed by atoms with E-state index in [2.05, 4.69) is 14.7 Å². The van der Waals surface area contributed by atoms with Gasteiger partial charge in [-0.2, -0.15) is 8.78 Å². The zero-order valence-electron chi connectivity index (χ0n) is 19.4. The number of aliphatic hydroxyl groups is 3. The van der Waals surface area contributed by atoms with Crippen LogP contribution in [0.1, 0.15) is 11.9 Å². The number of carboxylic acid groups (broad SMARTS) is 1. The van der Waals surface area contributed by atoms with Crippen molar-refractivity contribution >= 4 is 28.8 Å². The van der Waals surface area contributed by atoms with Crippen molar-refractivity contribution in [2.24, 2.45) is 0 Å². The van der Waals surface area contributed by atoms with E-state index in [0.29, 0.717) is 17.2 Å². The predicted octanol–water partition coefficient (Wildman–Crippen LogP) is 1.41. The molecule has 5 atom stereocenters. The van der Waals surface area contributed by atoms with Crippen LogP contribution < -0.4 is 14.2 Å². The van der Waals surface area contributed by atoms with Gasteiger partial charge in [-0.15, -0.1) is 0 Å². The first-order valence-electron chi connectivity index (χ1n) is 10.7. The second kappa shape index (κ2) is 11.0. The number of halogens is 2. The average Bonchev–Trinajstić information content (AvgIpc) is 3.22. The molecule has 1 fully saturated rings. The number of methoxy groups -OCH3 is 2. The number of fused-ring (bicyclic) bond motifs is 1. The second-order valence-corrected chi connectivity index (χ2v) is 8.77. The van der Waals surface area contributed by atoms with Gasteiger partial charge in [0.05, 0.1) is 30.9 Å². The number of imidazole rings is 1. The number of benzene rings is 1. The molecule has 0 bridgehead atoms. The van der Waals surface area contributed by atoms with Gasteiger partial charge in [0.1, 0.15) is 24.1 Å². The summed E-state index contributed by atoms with van der Waals surface area (Å²) in [6.07, 6.45) is -7.38. The normalized spacial score (nSPS) is 23.8. The number of aliphatic hydroxyl groups excluding tert-OH is 3. The zero-order valence-corrected chi connectivity index (χ0v) is 20.2. The first-order chi connectivity index (χ1) is 17.7. The third kappa shape index (κ3) is 5.26. The number of nitrogens with zero attached hydrogens (tertiary/aromatic N) is 3. The van der Waals surface area contributed by atoms with Crippen LogP contribution in [0.3, 0.4) is 0 Å². The molecule has 4 rings (SSSR count). The summed E-state index contributed by atoms with van der Waals surface area (Å²) in [6.45, 7) is -3.07. The van der Waals surface area contributed by atoms with E-state index in [9.17, 15) is 34.0 Å². The molecule has 0 unspecified atom stereocenters. The summed E-state index contributed by atoms with van der Waals surface area (Å²) in [7, 11) is 2.91. The number of ether oxygens (including phenoxy) is 4. The molecule has 4 N–H and O–H groups in total. The van der Waals surface area contributed by atoms with Crippen molar-refractivity contribution < 1.29 is 52.9 Å². The Morgan fingerprint density at radius 2 is 1.92 bits per heavy atom. The third-order valence-corrected chi connectivity index (χ3v) is 6.61. The molecule has 0 saturated carbocycles. The van der Waals surface area contributed by atoms with Crippen LogP contribution in [0.15, 0.2) is 35.6 Å². The van der Waals surface area contributed by atoms with E-state index >= 15 is 0 Å². The lowest BCUT2D eigenvalue weighted by molar-refractivity contribution is -0.247. The molecule has 0 spiro atoms. The first-order valence-corrected chi connectivity index (χ1v) is 11.7. The summed E-state index contributed by atoms with van der Waals surface area (Å²) in [5.41, 5.74) is 0.886. The first kappa shape index (κ1) is 26.8. The maximum absolute atomic E-state index is 12.7. The summed E-state index contributed by atoms with van der Waals surface area (Å²) in [6, 6.07) is 5.46. The van der Waals surface area contributed by atoms with Crippen molar-refractivity contribution in [2.45, 2.75) is 48.2 Å². The van der Waals surface area contributed by atoms with Crippen LogP contribution in [0.4, 0.5) is 8.78 Å². The van der Waals surface area contributed by atoms with E-state index in [0.717, 1.165) is 11.8 Å². The summed E-state index contributed by atoms with van der Waals surface area (Å²) < 4.78 is 47.4. The summed E-state index contributed by atoms with van der Waals surface area (Å²) in [5, 5.41) is 40.8.